The smallest absolute Gasteiger partial charge is 0.184 e. The molecule has 9 heteroatoms. The van der Waals surface area contributed by atoms with Gasteiger partial charge in [-0.2, -0.15) is 0 Å². The summed E-state index contributed by atoms with van der Waals surface area (Å²) >= 11 is 0. The molecule has 1 aliphatic rings. The lowest BCUT2D eigenvalue weighted by Gasteiger charge is -2.47. The summed E-state index contributed by atoms with van der Waals surface area (Å²) in [7, 11) is -5.43. The van der Waals surface area contributed by atoms with Crippen LogP contribution in [0.25, 0.3) is 0 Å². The van der Waals surface area contributed by atoms with Gasteiger partial charge in [-0.15, -0.1) is 0 Å². The van der Waals surface area contributed by atoms with Crippen molar-refractivity contribution in [3.8, 4) is 0 Å². The van der Waals surface area contributed by atoms with E-state index in [-0.39, 0.29) is 18.3 Å². The number of hydrogen-bond acceptors (Lipinski definition) is 6. The number of aliphatic hydroxyl groups is 1. The maximum absolute atomic E-state index is 10.3. The maximum Gasteiger partial charge on any atom is 0.184 e. The van der Waals surface area contributed by atoms with E-state index >= 15 is 0 Å². The van der Waals surface area contributed by atoms with E-state index in [1.165, 1.54) is 0 Å². The van der Waals surface area contributed by atoms with Gasteiger partial charge >= 0.3 is 0 Å². The zero-order chi connectivity index (χ0) is 18.9. The van der Waals surface area contributed by atoms with E-state index in [9.17, 15) is 5.11 Å². The molecule has 0 bridgehead atoms. The third-order valence-electron chi connectivity index (χ3n) is 3.37. The predicted octanol–water partition coefficient (Wildman–Crippen LogP) is 2.32. The largest absolute Gasteiger partial charge is 0.415 e. The Labute approximate surface area is 150 Å². The highest BCUT2D eigenvalue weighted by atomic mass is 28.4. The molecule has 0 aromatic rings. The zero-order valence-electron chi connectivity index (χ0n) is 16.8. The Hall–Kier alpha value is 0.411. The molecule has 1 fully saturated rings. The molecule has 6 nitrogen and oxygen atoms in total. The van der Waals surface area contributed by atoms with Crippen LogP contribution in [0, 0.1) is 0 Å². The number of rotatable bonds is 7. The van der Waals surface area contributed by atoms with Crippen molar-refractivity contribution in [3.63, 3.8) is 0 Å². The Kier molecular flexibility index (Phi) is 7.46. The van der Waals surface area contributed by atoms with Crippen molar-refractivity contribution in [3.05, 3.63) is 0 Å². The highest BCUT2D eigenvalue weighted by molar-refractivity contribution is 6.70. The highest BCUT2D eigenvalue weighted by Crippen LogP contribution is 2.29. The summed E-state index contributed by atoms with van der Waals surface area (Å²) in [5.74, 6) is 0. The fourth-order valence-electron chi connectivity index (χ4n) is 2.51. The van der Waals surface area contributed by atoms with Gasteiger partial charge in [0.05, 0.1) is 18.8 Å². The zero-order valence-corrected chi connectivity index (χ0v) is 19.8. The van der Waals surface area contributed by atoms with Crippen LogP contribution >= 0.6 is 0 Å². The molecule has 0 aromatic carbocycles. The van der Waals surface area contributed by atoms with Crippen LogP contribution in [0.1, 0.15) is 0 Å². The van der Waals surface area contributed by atoms with Gasteiger partial charge < -0.3 is 28.9 Å². The minimum Gasteiger partial charge on any atom is -0.415 e. The van der Waals surface area contributed by atoms with Gasteiger partial charge in [-0.05, 0) is 58.9 Å². The van der Waals surface area contributed by atoms with E-state index in [1.807, 2.05) is 0 Å². The van der Waals surface area contributed by atoms with Gasteiger partial charge in [0.1, 0.15) is 12.2 Å². The lowest BCUT2D eigenvalue weighted by molar-refractivity contribution is -0.240. The van der Waals surface area contributed by atoms with E-state index in [2.05, 4.69) is 58.9 Å². The molecule has 5 unspecified atom stereocenters. The van der Waals surface area contributed by atoms with Crippen LogP contribution < -0.4 is 5.73 Å². The number of nitrogens with two attached hydrogens (primary N) is 1. The standard InChI is InChI=1S/C15H37NO5Si3/c1-22(2,3)18-10-11-13(20-23(4,5)6)14(21-24(7,8)9)12(16)15(17)19-11/h11-15,17H,10,16H2,1-9H3. The number of aliphatic hydroxyl groups excluding tert-OH is 1. The van der Waals surface area contributed by atoms with E-state index in [4.69, 9.17) is 23.7 Å². The second kappa shape index (κ2) is 7.97. The third-order valence-corrected chi connectivity index (χ3v) is 6.36. The summed E-state index contributed by atoms with van der Waals surface area (Å²) in [4.78, 5) is 0. The second-order valence-corrected chi connectivity index (χ2v) is 22.9. The number of ether oxygens (including phenoxy) is 1. The van der Waals surface area contributed by atoms with Crippen LogP contribution in [0.4, 0.5) is 0 Å². The first-order chi connectivity index (χ1) is 10.6. The molecule has 1 rings (SSSR count). The summed E-state index contributed by atoms with van der Waals surface area (Å²) in [6.45, 7) is 19.5. The van der Waals surface area contributed by atoms with E-state index in [1.54, 1.807) is 0 Å². The molecular weight excluding hydrogens is 358 g/mol. The average Bonchev–Trinajstić information content (AvgIpc) is 2.32. The van der Waals surface area contributed by atoms with Gasteiger partial charge in [-0.3, -0.25) is 0 Å². The monoisotopic (exact) mass is 395 g/mol. The molecule has 0 aliphatic carbocycles. The minimum absolute atomic E-state index is 0.321. The van der Waals surface area contributed by atoms with Crippen molar-refractivity contribution >= 4 is 25.0 Å². The molecule has 1 saturated heterocycles. The summed E-state index contributed by atoms with van der Waals surface area (Å²) in [6.07, 6.45) is -2.15. The second-order valence-electron chi connectivity index (χ2n) is 9.46. The SMILES string of the molecule is C[Si](C)(C)OCC1OC(O)C(N)C(O[Si](C)(C)C)C1O[Si](C)(C)C. The van der Waals surface area contributed by atoms with Gasteiger partial charge in [-0.1, -0.05) is 0 Å². The topological polar surface area (TPSA) is 83.2 Å². The van der Waals surface area contributed by atoms with Crippen molar-refractivity contribution in [2.24, 2.45) is 5.73 Å². The Morgan fingerprint density at radius 2 is 1.29 bits per heavy atom. The summed E-state index contributed by atoms with van der Waals surface area (Å²) in [6, 6.07) is -0.624. The van der Waals surface area contributed by atoms with Crippen molar-refractivity contribution in [2.75, 3.05) is 6.61 Å². The normalized spacial score (nSPS) is 32.9. The first-order valence-corrected chi connectivity index (χ1v) is 18.9. The quantitative estimate of drug-likeness (QED) is 0.644. The summed E-state index contributed by atoms with van der Waals surface area (Å²) in [5.41, 5.74) is 6.21. The number of hydrogen-bond donors (Lipinski definition) is 2. The van der Waals surface area contributed by atoms with E-state index in [0.29, 0.717) is 6.61 Å². The van der Waals surface area contributed by atoms with Crippen LogP contribution in [0.2, 0.25) is 58.9 Å². The lowest BCUT2D eigenvalue weighted by Crippen LogP contribution is -2.66. The Balaban J connectivity index is 3.05. The van der Waals surface area contributed by atoms with Gasteiger partial charge in [0.25, 0.3) is 0 Å². The highest BCUT2D eigenvalue weighted by Gasteiger charge is 2.48. The molecule has 24 heavy (non-hydrogen) atoms. The molecule has 144 valence electrons. The van der Waals surface area contributed by atoms with Crippen LogP contribution in [-0.4, -0.2) is 67.3 Å². The molecular formula is C15H37NO5Si3. The first kappa shape index (κ1) is 22.5. The van der Waals surface area contributed by atoms with E-state index < -0.39 is 37.3 Å². The minimum atomic E-state index is -1.87. The Morgan fingerprint density at radius 1 is 0.833 bits per heavy atom. The first-order valence-electron chi connectivity index (χ1n) is 8.68. The molecule has 5 atom stereocenters. The van der Waals surface area contributed by atoms with E-state index in [0.717, 1.165) is 0 Å². The van der Waals surface area contributed by atoms with Crippen LogP contribution in [0.3, 0.4) is 0 Å². The van der Waals surface area contributed by atoms with Gasteiger partial charge in [-0.25, -0.2) is 0 Å². The van der Waals surface area contributed by atoms with Gasteiger partial charge in [0, 0.05) is 0 Å². The molecule has 0 aromatic heterocycles. The fraction of sp³-hybridized carbons (Fsp3) is 1.00. The third kappa shape index (κ3) is 7.75. The maximum atomic E-state index is 10.3. The lowest BCUT2D eigenvalue weighted by atomic mass is 9.98. The fourth-order valence-corrected chi connectivity index (χ4v) is 5.39. The van der Waals surface area contributed by atoms with Crippen molar-refractivity contribution in [1.82, 2.24) is 0 Å². The Morgan fingerprint density at radius 3 is 1.71 bits per heavy atom. The molecule has 0 radical (unpaired) electrons. The van der Waals surface area contributed by atoms with Gasteiger partial charge in [0.2, 0.25) is 0 Å². The molecule has 3 N–H and O–H groups in total. The van der Waals surface area contributed by atoms with Crippen LogP contribution in [0.5, 0.6) is 0 Å². The predicted molar refractivity (Wildman–Crippen MR) is 105 cm³/mol. The van der Waals surface area contributed by atoms with Gasteiger partial charge in [0.15, 0.2) is 31.2 Å². The Bertz CT molecular complexity index is 405. The molecule has 0 amide bonds. The molecule has 1 heterocycles. The van der Waals surface area contributed by atoms with Crippen LogP contribution in [0.15, 0.2) is 0 Å². The molecule has 0 saturated carbocycles. The average molecular weight is 396 g/mol. The van der Waals surface area contributed by atoms with Crippen LogP contribution in [-0.2, 0) is 18.0 Å². The summed E-state index contributed by atoms with van der Waals surface area (Å²) in [5, 5.41) is 10.3. The molecule has 0 spiro atoms. The van der Waals surface area contributed by atoms with Crippen molar-refractivity contribution in [1.29, 1.82) is 0 Å². The summed E-state index contributed by atoms with van der Waals surface area (Å²) < 4.78 is 24.5. The van der Waals surface area contributed by atoms with Crippen molar-refractivity contribution in [2.45, 2.75) is 89.6 Å². The van der Waals surface area contributed by atoms with Crippen molar-refractivity contribution < 1.29 is 23.1 Å². The molecule has 1 aliphatic heterocycles.